The fourth-order valence-corrected chi connectivity index (χ4v) is 1.76. The average molecular weight is 278 g/mol. The molecule has 0 radical (unpaired) electrons. The molecule has 0 saturated carbocycles. The van der Waals surface area contributed by atoms with Crippen molar-refractivity contribution in [2.45, 2.75) is 6.92 Å². The summed E-state index contributed by atoms with van der Waals surface area (Å²) in [6.07, 6.45) is 0. The van der Waals surface area contributed by atoms with Crippen LogP contribution >= 0.6 is 0 Å². The zero-order chi connectivity index (χ0) is 15.3. The third kappa shape index (κ3) is 3.81. The second-order valence-electron chi connectivity index (χ2n) is 4.53. The molecule has 0 spiro atoms. The number of carbonyl (C=O) groups is 2. The Kier molecular flexibility index (Phi) is 5.25. The minimum absolute atomic E-state index is 0.252. The molecule has 0 bridgehead atoms. The lowest BCUT2D eigenvalue weighted by Gasteiger charge is -2.04. The molecule has 1 aromatic rings. The van der Waals surface area contributed by atoms with E-state index in [0.29, 0.717) is 0 Å². The van der Waals surface area contributed by atoms with Gasteiger partial charge in [0.15, 0.2) is 0 Å². The number of likely N-dealkylation sites (N-methyl/N-ethyl adjacent to an activating group) is 2. The van der Waals surface area contributed by atoms with Gasteiger partial charge in [0.2, 0.25) is 5.84 Å². The minimum Gasteiger partial charge on any atom is -0.545 e. The number of carboxylic acids is 2. The van der Waals surface area contributed by atoms with E-state index in [-0.39, 0.29) is 11.1 Å². The molecule has 108 valence electrons. The van der Waals surface area contributed by atoms with Gasteiger partial charge in [-0.3, -0.25) is 9.48 Å². The molecule has 0 atom stereocenters. The molecule has 1 aliphatic heterocycles. The lowest BCUT2D eigenvalue weighted by Crippen LogP contribution is -2.24. The van der Waals surface area contributed by atoms with Gasteiger partial charge >= 0.3 is 5.97 Å². The van der Waals surface area contributed by atoms with E-state index in [4.69, 9.17) is 5.11 Å². The van der Waals surface area contributed by atoms with Gasteiger partial charge in [-0.25, -0.2) is 4.79 Å². The van der Waals surface area contributed by atoms with Crippen LogP contribution in [-0.2, 0) is 0 Å². The van der Waals surface area contributed by atoms with Gasteiger partial charge in [0, 0.05) is 12.5 Å². The van der Waals surface area contributed by atoms with Crippen molar-refractivity contribution in [2.75, 3.05) is 27.2 Å². The molecule has 1 aliphatic rings. The Balaban J connectivity index is 0.000000217. The number of aromatic carboxylic acids is 2. The van der Waals surface area contributed by atoms with Gasteiger partial charge in [-0.05, 0) is 6.07 Å². The van der Waals surface area contributed by atoms with Crippen molar-refractivity contribution in [2.24, 2.45) is 0 Å². The highest BCUT2D eigenvalue weighted by atomic mass is 16.4. The molecule has 6 nitrogen and oxygen atoms in total. The highest BCUT2D eigenvalue weighted by molar-refractivity contribution is 6.00. The first-order valence-electron chi connectivity index (χ1n) is 6.14. The maximum Gasteiger partial charge on any atom is 0.336 e. The Morgan fingerprint density at radius 1 is 1.30 bits per heavy atom. The standard InChI is InChI=1S/C8H6O4.C6H13N2/c9-7(10)5-3-1-2-4-6(5)8(11)12;1-6-7(2)4-5-8(6)3/h1-4H,(H,9,10)(H,11,12);4-5H2,1-3H3/q;+1/p-1. The van der Waals surface area contributed by atoms with Crippen molar-refractivity contribution in [3.63, 3.8) is 0 Å². The summed E-state index contributed by atoms with van der Waals surface area (Å²) in [5.74, 6) is -1.37. The van der Waals surface area contributed by atoms with Crippen molar-refractivity contribution >= 4 is 17.8 Å². The van der Waals surface area contributed by atoms with Gasteiger partial charge < -0.3 is 15.0 Å². The van der Waals surface area contributed by atoms with E-state index in [2.05, 4.69) is 30.5 Å². The van der Waals surface area contributed by atoms with Gasteiger partial charge in [0.1, 0.15) is 13.1 Å². The molecule has 0 fully saturated rings. The molecule has 0 aromatic heterocycles. The Bertz CT molecular complexity index is 519. The topological polar surface area (TPSA) is 83.7 Å². The third-order valence-corrected chi connectivity index (χ3v) is 3.25. The molecule has 20 heavy (non-hydrogen) atoms. The van der Waals surface area contributed by atoms with E-state index in [1.807, 2.05) is 0 Å². The molecule has 2 rings (SSSR count). The van der Waals surface area contributed by atoms with E-state index in [0.717, 1.165) is 0 Å². The van der Waals surface area contributed by atoms with E-state index in [9.17, 15) is 14.7 Å². The molecule has 0 amide bonds. The second kappa shape index (κ2) is 6.70. The third-order valence-electron chi connectivity index (χ3n) is 3.25. The number of hydrogen-bond acceptors (Lipinski definition) is 4. The Morgan fingerprint density at radius 2 is 1.85 bits per heavy atom. The number of hydrogen-bond donors (Lipinski definition) is 1. The fraction of sp³-hybridized carbons (Fsp3) is 0.357. The SMILES string of the molecule is CC1=[N+](C)CCN1C.O=C([O-])c1ccccc1C(=O)O. The summed E-state index contributed by atoms with van der Waals surface area (Å²) in [5.41, 5.74) is -0.553. The van der Waals surface area contributed by atoms with Gasteiger partial charge in [0.05, 0.1) is 25.6 Å². The van der Waals surface area contributed by atoms with Crippen LogP contribution in [0.1, 0.15) is 27.6 Å². The van der Waals surface area contributed by atoms with Gasteiger partial charge in [0.25, 0.3) is 0 Å². The van der Waals surface area contributed by atoms with Crippen molar-refractivity contribution in [3.05, 3.63) is 35.4 Å². The van der Waals surface area contributed by atoms with E-state index in [1.54, 1.807) is 0 Å². The second-order valence-corrected chi connectivity index (χ2v) is 4.53. The largest absolute Gasteiger partial charge is 0.545 e. The van der Waals surface area contributed by atoms with Crippen LogP contribution in [0.3, 0.4) is 0 Å². The van der Waals surface area contributed by atoms with Gasteiger partial charge in [-0.2, -0.15) is 0 Å². The predicted molar refractivity (Wildman–Crippen MR) is 72.1 cm³/mol. The zero-order valence-corrected chi connectivity index (χ0v) is 11.8. The molecule has 1 heterocycles. The summed E-state index contributed by atoms with van der Waals surface area (Å²) < 4.78 is 2.26. The summed E-state index contributed by atoms with van der Waals surface area (Å²) in [4.78, 5) is 23.1. The minimum atomic E-state index is -1.48. The first-order chi connectivity index (χ1) is 9.34. The smallest absolute Gasteiger partial charge is 0.336 e. The maximum atomic E-state index is 10.4. The van der Waals surface area contributed by atoms with E-state index in [1.165, 1.54) is 43.2 Å². The number of benzene rings is 1. The first kappa shape index (κ1) is 15.7. The Morgan fingerprint density at radius 3 is 2.10 bits per heavy atom. The summed E-state index contributed by atoms with van der Waals surface area (Å²) in [7, 11) is 4.25. The number of carboxylic acid groups (broad SMARTS) is 2. The highest BCUT2D eigenvalue weighted by Crippen LogP contribution is 2.06. The summed E-state index contributed by atoms with van der Waals surface area (Å²) >= 11 is 0. The van der Waals surface area contributed by atoms with Crippen LogP contribution < -0.4 is 5.11 Å². The fourth-order valence-electron chi connectivity index (χ4n) is 1.76. The highest BCUT2D eigenvalue weighted by Gasteiger charge is 2.18. The van der Waals surface area contributed by atoms with Crippen molar-refractivity contribution in [1.29, 1.82) is 0 Å². The van der Waals surface area contributed by atoms with Crippen molar-refractivity contribution < 1.29 is 24.4 Å². The lowest BCUT2D eigenvalue weighted by molar-refractivity contribution is -0.487. The van der Waals surface area contributed by atoms with Crippen molar-refractivity contribution in [1.82, 2.24) is 4.90 Å². The molecule has 1 aromatic carbocycles. The molecular weight excluding hydrogens is 260 g/mol. The van der Waals surface area contributed by atoms with E-state index < -0.39 is 11.9 Å². The maximum absolute atomic E-state index is 10.4. The van der Waals surface area contributed by atoms with Crippen LogP contribution in [0, 0.1) is 0 Å². The number of carbonyl (C=O) groups excluding carboxylic acids is 1. The van der Waals surface area contributed by atoms with Crippen LogP contribution in [0.15, 0.2) is 24.3 Å². The Labute approximate surface area is 117 Å². The molecule has 0 saturated heterocycles. The normalized spacial score (nSPS) is 13.8. The quantitative estimate of drug-likeness (QED) is 0.754. The summed E-state index contributed by atoms with van der Waals surface area (Å²) in [6, 6.07) is 5.31. The monoisotopic (exact) mass is 278 g/mol. The van der Waals surface area contributed by atoms with Crippen LogP contribution in [-0.4, -0.2) is 59.5 Å². The van der Waals surface area contributed by atoms with Crippen LogP contribution in [0.4, 0.5) is 0 Å². The molecular formula is C14H18N2O4. The zero-order valence-electron chi connectivity index (χ0n) is 11.8. The first-order valence-corrected chi connectivity index (χ1v) is 6.14. The summed E-state index contributed by atoms with van der Waals surface area (Å²) in [6.45, 7) is 4.51. The number of rotatable bonds is 2. The Hall–Kier alpha value is -2.37. The molecule has 1 N–H and O–H groups in total. The average Bonchev–Trinajstić information content (AvgIpc) is 2.70. The predicted octanol–water partition coefficient (Wildman–Crippen LogP) is -0.259. The van der Waals surface area contributed by atoms with Crippen molar-refractivity contribution in [3.8, 4) is 0 Å². The van der Waals surface area contributed by atoms with Gasteiger partial charge in [-0.15, -0.1) is 0 Å². The lowest BCUT2D eigenvalue weighted by atomic mass is 10.1. The molecule has 0 aliphatic carbocycles. The summed E-state index contributed by atoms with van der Waals surface area (Å²) in [5, 5.41) is 18.9. The van der Waals surface area contributed by atoms with Crippen LogP contribution in [0.25, 0.3) is 0 Å². The van der Waals surface area contributed by atoms with E-state index >= 15 is 0 Å². The molecule has 0 unspecified atom stereocenters. The van der Waals surface area contributed by atoms with Crippen LogP contribution in [0.2, 0.25) is 0 Å². The number of amidine groups is 1. The van der Waals surface area contributed by atoms with Crippen LogP contribution in [0.5, 0.6) is 0 Å². The molecule has 6 heteroatoms. The van der Waals surface area contributed by atoms with Gasteiger partial charge in [-0.1, -0.05) is 18.2 Å². The number of nitrogens with zero attached hydrogens (tertiary/aromatic N) is 2.